The van der Waals surface area contributed by atoms with E-state index in [2.05, 4.69) is 17.9 Å². The molecule has 1 aromatic rings. The van der Waals surface area contributed by atoms with Gasteiger partial charge >= 0.3 is 0 Å². The molecule has 0 aromatic carbocycles. The lowest BCUT2D eigenvalue weighted by molar-refractivity contribution is 0.153. The summed E-state index contributed by atoms with van der Waals surface area (Å²) < 4.78 is 0.862. The molecule has 4 heteroatoms. The van der Waals surface area contributed by atoms with Crippen LogP contribution in [0.25, 0.3) is 0 Å². The first-order valence-corrected chi connectivity index (χ1v) is 7.63. The first kappa shape index (κ1) is 13.3. The zero-order valence-corrected chi connectivity index (χ0v) is 11.9. The van der Waals surface area contributed by atoms with Gasteiger partial charge in [-0.1, -0.05) is 24.4 Å². The molecule has 0 spiro atoms. The smallest absolute Gasteiger partial charge is 0.0931 e. The van der Waals surface area contributed by atoms with Crippen LogP contribution in [0.4, 0.5) is 0 Å². The van der Waals surface area contributed by atoms with Crippen LogP contribution in [0.5, 0.6) is 0 Å². The Hall–Kier alpha value is -0.0900. The molecule has 1 fully saturated rings. The van der Waals surface area contributed by atoms with Crippen LogP contribution in [0.2, 0.25) is 4.34 Å². The molecule has 96 valence electrons. The zero-order valence-electron chi connectivity index (χ0n) is 10.4. The van der Waals surface area contributed by atoms with Crippen molar-refractivity contribution in [3.05, 3.63) is 21.3 Å². The summed E-state index contributed by atoms with van der Waals surface area (Å²) in [6, 6.07) is 5.09. The molecule has 1 saturated heterocycles. The number of nitrogens with zero attached hydrogens (tertiary/aromatic N) is 1. The van der Waals surface area contributed by atoms with Crippen LogP contribution < -0.4 is 5.73 Å². The van der Waals surface area contributed by atoms with Crippen molar-refractivity contribution in [1.29, 1.82) is 0 Å². The standard InChI is InChI=1S/C13H21ClN2S/c1-10-5-3-2-4-8-16(10)11(9-15)12-6-7-13(14)17-12/h6-7,10-11H,2-5,8-9,15H2,1H3. The fourth-order valence-corrected chi connectivity index (χ4v) is 3.88. The summed E-state index contributed by atoms with van der Waals surface area (Å²) in [7, 11) is 0. The highest BCUT2D eigenvalue weighted by Crippen LogP contribution is 2.33. The highest BCUT2D eigenvalue weighted by Gasteiger charge is 2.26. The van der Waals surface area contributed by atoms with Crippen molar-refractivity contribution in [3.8, 4) is 0 Å². The molecule has 0 amide bonds. The molecule has 17 heavy (non-hydrogen) atoms. The van der Waals surface area contributed by atoms with Crippen molar-refractivity contribution in [2.24, 2.45) is 5.73 Å². The van der Waals surface area contributed by atoms with E-state index in [1.54, 1.807) is 11.3 Å². The highest BCUT2D eigenvalue weighted by molar-refractivity contribution is 7.16. The van der Waals surface area contributed by atoms with E-state index in [0.717, 1.165) is 4.34 Å². The molecular weight excluding hydrogens is 252 g/mol. The Morgan fingerprint density at radius 1 is 1.47 bits per heavy atom. The van der Waals surface area contributed by atoms with Crippen molar-refractivity contribution in [2.45, 2.75) is 44.7 Å². The predicted octanol–water partition coefficient (Wildman–Crippen LogP) is 3.67. The van der Waals surface area contributed by atoms with Gasteiger partial charge in [-0.3, -0.25) is 4.90 Å². The Balaban J connectivity index is 2.15. The van der Waals surface area contributed by atoms with Gasteiger partial charge in [0, 0.05) is 17.5 Å². The number of thiophene rings is 1. The topological polar surface area (TPSA) is 29.3 Å². The van der Waals surface area contributed by atoms with Gasteiger partial charge in [-0.25, -0.2) is 0 Å². The monoisotopic (exact) mass is 272 g/mol. The molecule has 2 unspecified atom stereocenters. The first-order valence-electron chi connectivity index (χ1n) is 6.43. The molecule has 1 aliphatic heterocycles. The van der Waals surface area contributed by atoms with Crippen molar-refractivity contribution >= 4 is 22.9 Å². The SMILES string of the molecule is CC1CCCCCN1C(CN)c1ccc(Cl)s1. The van der Waals surface area contributed by atoms with Crippen molar-refractivity contribution in [3.63, 3.8) is 0 Å². The maximum Gasteiger partial charge on any atom is 0.0931 e. The van der Waals surface area contributed by atoms with Gasteiger partial charge in [-0.2, -0.15) is 0 Å². The summed E-state index contributed by atoms with van der Waals surface area (Å²) in [5.41, 5.74) is 5.98. The molecule has 0 radical (unpaired) electrons. The highest BCUT2D eigenvalue weighted by atomic mass is 35.5. The Labute approximate surface area is 113 Å². The number of halogens is 1. The van der Waals surface area contributed by atoms with Gasteiger partial charge in [0.05, 0.1) is 10.4 Å². The molecule has 2 rings (SSSR count). The summed E-state index contributed by atoms with van der Waals surface area (Å²) in [6.45, 7) is 4.17. The van der Waals surface area contributed by atoms with Crippen molar-refractivity contribution in [1.82, 2.24) is 4.90 Å². The average Bonchev–Trinajstić information content (AvgIpc) is 2.62. The number of nitrogens with two attached hydrogens (primary N) is 1. The minimum atomic E-state index is 0.348. The molecule has 2 heterocycles. The quantitative estimate of drug-likeness (QED) is 0.910. The van der Waals surface area contributed by atoms with Crippen LogP contribution in [0, 0.1) is 0 Å². The predicted molar refractivity (Wildman–Crippen MR) is 75.8 cm³/mol. The lowest BCUT2D eigenvalue weighted by atomic mass is 10.1. The van der Waals surface area contributed by atoms with Gasteiger partial charge in [-0.15, -0.1) is 11.3 Å². The van der Waals surface area contributed by atoms with Gasteiger partial charge in [0.25, 0.3) is 0 Å². The largest absolute Gasteiger partial charge is 0.329 e. The first-order chi connectivity index (χ1) is 8.22. The second kappa shape index (κ2) is 6.19. The molecule has 1 aromatic heterocycles. The summed E-state index contributed by atoms with van der Waals surface area (Å²) in [5, 5.41) is 0. The Kier molecular flexibility index (Phi) is 4.86. The van der Waals surface area contributed by atoms with E-state index in [-0.39, 0.29) is 0 Å². The third-order valence-electron chi connectivity index (χ3n) is 3.65. The lowest BCUT2D eigenvalue weighted by Crippen LogP contribution is -2.39. The van der Waals surface area contributed by atoms with Crippen LogP contribution in [-0.4, -0.2) is 24.0 Å². The van der Waals surface area contributed by atoms with Gasteiger partial charge in [0.1, 0.15) is 0 Å². The van der Waals surface area contributed by atoms with Crippen molar-refractivity contribution in [2.75, 3.05) is 13.1 Å². The van der Waals surface area contributed by atoms with Crippen LogP contribution in [-0.2, 0) is 0 Å². The number of hydrogen-bond donors (Lipinski definition) is 1. The third-order valence-corrected chi connectivity index (χ3v) is 4.98. The maximum absolute atomic E-state index is 6.03. The number of rotatable bonds is 3. The van der Waals surface area contributed by atoms with Crippen molar-refractivity contribution < 1.29 is 0 Å². The Morgan fingerprint density at radius 2 is 2.29 bits per heavy atom. The van der Waals surface area contributed by atoms with Gasteiger partial charge < -0.3 is 5.73 Å². The maximum atomic E-state index is 6.03. The fourth-order valence-electron chi connectivity index (χ4n) is 2.68. The summed E-state index contributed by atoms with van der Waals surface area (Å²) >= 11 is 7.69. The fraction of sp³-hybridized carbons (Fsp3) is 0.692. The minimum absolute atomic E-state index is 0.348. The zero-order chi connectivity index (χ0) is 12.3. The molecule has 2 N–H and O–H groups in total. The summed E-state index contributed by atoms with van der Waals surface area (Å²) in [6.07, 6.45) is 5.28. The van der Waals surface area contributed by atoms with E-state index in [1.165, 1.54) is 37.1 Å². The second-order valence-electron chi connectivity index (χ2n) is 4.83. The Morgan fingerprint density at radius 3 is 2.94 bits per heavy atom. The minimum Gasteiger partial charge on any atom is -0.329 e. The van der Waals surface area contributed by atoms with Gasteiger partial charge in [0.15, 0.2) is 0 Å². The molecule has 1 aliphatic rings. The lowest BCUT2D eigenvalue weighted by Gasteiger charge is -2.34. The molecule has 0 aliphatic carbocycles. The van der Waals surface area contributed by atoms with Crippen LogP contribution in [0.15, 0.2) is 12.1 Å². The van der Waals surface area contributed by atoms with E-state index in [0.29, 0.717) is 18.6 Å². The molecule has 0 bridgehead atoms. The second-order valence-corrected chi connectivity index (χ2v) is 6.58. The summed E-state index contributed by atoms with van der Waals surface area (Å²) in [5.74, 6) is 0. The normalized spacial score (nSPS) is 24.5. The van der Waals surface area contributed by atoms with Gasteiger partial charge in [-0.05, 0) is 38.4 Å². The van der Waals surface area contributed by atoms with E-state index in [4.69, 9.17) is 17.3 Å². The van der Waals surface area contributed by atoms with Crippen LogP contribution in [0.3, 0.4) is 0 Å². The van der Waals surface area contributed by atoms with E-state index in [1.807, 2.05) is 6.07 Å². The molecule has 0 saturated carbocycles. The number of hydrogen-bond acceptors (Lipinski definition) is 3. The van der Waals surface area contributed by atoms with Gasteiger partial charge in [0.2, 0.25) is 0 Å². The molecule has 2 atom stereocenters. The van der Waals surface area contributed by atoms with E-state index in [9.17, 15) is 0 Å². The molecule has 2 nitrogen and oxygen atoms in total. The third kappa shape index (κ3) is 3.22. The van der Waals surface area contributed by atoms with E-state index >= 15 is 0 Å². The number of likely N-dealkylation sites (tertiary alicyclic amines) is 1. The van der Waals surface area contributed by atoms with E-state index < -0.39 is 0 Å². The Bertz CT molecular complexity index is 353. The van der Waals surface area contributed by atoms with Crippen LogP contribution >= 0.6 is 22.9 Å². The average molecular weight is 273 g/mol. The molecular formula is C13H21ClN2S. The summed E-state index contributed by atoms with van der Waals surface area (Å²) in [4.78, 5) is 3.88. The van der Waals surface area contributed by atoms with Crippen LogP contribution in [0.1, 0.15) is 43.5 Å².